The van der Waals surface area contributed by atoms with E-state index in [-0.39, 0.29) is 5.95 Å². The normalized spacial score (nSPS) is 10.5. The number of nitrogen functional groups attached to an aromatic ring is 1. The summed E-state index contributed by atoms with van der Waals surface area (Å²) in [7, 11) is 0. The fraction of sp³-hybridized carbons (Fsp3) is 0.143. The molecule has 0 saturated heterocycles. The number of nitrogens with zero attached hydrogens (tertiary/aromatic N) is 3. The number of halogens is 1. The smallest absolute Gasteiger partial charge is 0.239 e. The van der Waals surface area contributed by atoms with Crippen molar-refractivity contribution < 1.29 is 4.42 Å². The first-order chi connectivity index (χ1) is 6.24. The van der Waals surface area contributed by atoms with E-state index in [1.807, 2.05) is 12.1 Å². The van der Waals surface area contributed by atoms with Crippen molar-refractivity contribution in [2.45, 2.75) is 6.54 Å². The van der Waals surface area contributed by atoms with Crippen molar-refractivity contribution >= 4 is 21.9 Å². The van der Waals surface area contributed by atoms with E-state index in [2.05, 4.69) is 26.0 Å². The predicted octanol–water partition coefficient (Wildman–Crippen LogP) is 1.26. The van der Waals surface area contributed by atoms with Gasteiger partial charge in [-0.15, -0.1) is 5.10 Å². The highest BCUT2D eigenvalue weighted by Crippen LogP contribution is 2.14. The number of anilines is 1. The van der Waals surface area contributed by atoms with Gasteiger partial charge in [0.15, 0.2) is 4.67 Å². The molecule has 0 amide bonds. The van der Waals surface area contributed by atoms with Crippen molar-refractivity contribution in [3.05, 3.63) is 28.9 Å². The SMILES string of the molecule is Nc1ncn(Cc2ccc(Br)o2)n1. The standard InChI is InChI=1S/C7H7BrN4O/c8-6-2-1-5(13-6)3-12-4-10-7(9)11-12/h1-2,4H,3H2,(H2,9,11). The molecule has 2 N–H and O–H groups in total. The summed E-state index contributed by atoms with van der Waals surface area (Å²) in [6.45, 7) is 0.538. The summed E-state index contributed by atoms with van der Waals surface area (Å²) >= 11 is 3.21. The quantitative estimate of drug-likeness (QED) is 0.861. The maximum atomic E-state index is 5.35. The monoisotopic (exact) mass is 242 g/mol. The molecule has 5 nitrogen and oxygen atoms in total. The predicted molar refractivity (Wildman–Crippen MR) is 49.9 cm³/mol. The third-order valence-electron chi connectivity index (χ3n) is 1.50. The zero-order valence-electron chi connectivity index (χ0n) is 6.64. The molecule has 0 atom stereocenters. The molecule has 2 aromatic rings. The van der Waals surface area contributed by atoms with E-state index in [1.54, 1.807) is 11.0 Å². The molecule has 0 aliphatic carbocycles. The summed E-state index contributed by atoms with van der Waals surface area (Å²) in [5.74, 6) is 1.07. The summed E-state index contributed by atoms with van der Waals surface area (Å²) < 4.78 is 7.60. The Hall–Kier alpha value is -1.30. The molecule has 0 aliphatic heterocycles. The van der Waals surface area contributed by atoms with Gasteiger partial charge in [0.2, 0.25) is 5.95 Å². The van der Waals surface area contributed by atoms with Crippen molar-refractivity contribution in [1.29, 1.82) is 0 Å². The average Bonchev–Trinajstić information content (AvgIpc) is 2.62. The van der Waals surface area contributed by atoms with Gasteiger partial charge in [-0.2, -0.15) is 0 Å². The average molecular weight is 243 g/mol. The van der Waals surface area contributed by atoms with Crippen molar-refractivity contribution in [3.8, 4) is 0 Å². The van der Waals surface area contributed by atoms with Crippen LogP contribution in [0.15, 0.2) is 27.5 Å². The van der Waals surface area contributed by atoms with Gasteiger partial charge in [-0.05, 0) is 28.1 Å². The minimum atomic E-state index is 0.269. The Balaban J connectivity index is 2.14. The van der Waals surface area contributed by atoms with Crippen molar-refractivity contribution in [2.75, 3.05) is 5.73 Å². The molecule has 0 radical (unpaired) electrons. The second kappa shape index (κ2) is 3.21. The lowest BCUT2D eigenvalue weighted by Gasteiger charge is -1.94. The second-order valence-electron chi connectivity index (χ2n) is 2.51. The molecule has 2 heterocycles. The van der Waals surface area contributed by atoms with E-state index in [4.69, 9.17) is 10.2 Å². The topological polar surface area (TPSA) is 69.9 Å². The first-order valence-corrected chi connectivity index (χ1v) is 4.42. The molecular formula is C7H7BrN4O. The van der Waals surface area contributed by atoms with Crippen molar-refractivity contribution in [1.82, 2.24) is 14.8 Å². The van der Waals surface area contributed by atoms with Crippen LogP contribution in [0.1, 0.15) is 5.76 Å². The van der Waals surface area contributed by atoms with Crippen LogP contribution in [-0.2, 0) is 6.54 Å². The fourth-order valence-corrected chi connectivity index (χ4v) is 1.32. The summed E-state index contributed by atoms with van der Waals surface area (Å²) in [5, 5.41) is 3.92. The van der Waals surface area contributed by atoms with E-state index in [1.165, 1.54) is 0 Å². The Morgan fingerprint density at radius 1 is 1.54 bits per heavy atom. The first kappa shape index (κ1) is 8.31. The van der Waals surface area contributed by atoms with Gasteiger partial charge in [0, 0.05) is 0 Å². The number of aromatic nitrogens is 3. The van der Waals surface area contributed by atoms with E-state index < -0.39 is 0 Å². The fourth-order valence-electron chi connectivity index (χ4n) is 0.982. The molecule has 0 fully saturated rings. The molecule has 0 bridgehead atoms. The van der Waals surface area contributed by atoms with E-state index in [9.17, 15) is 0 Å². The van der Waals surface area contributed by atoms with Crippen LogP contribution >= 0.6 is 15.9 Å². The highest BCUT2D eigenvalue weighted by molar-refractivity contribution is 9.10. The van der Waals surface area contributed by atoms with Crippen LogP contribution in [0.4, 0.5) is 5.95 Å². The maximum absolute atomic E-state index is 5.35. The summed E-state index contributed by atoms with van der Waals surface area (Å²) in [4.78, 5) is 3.80. The molecule has 2 aromatic heterocycles. The highest BCUT2D eigenvalue weighted by atomic mass is 79.9. The van der Waals surface area contributed by atoms with Crippen LogP contribution in [0.3, 0.4) is 0 Å². The highest BCUT2D eigenvalue weighted by Gasteiger charge is 2.01. The molecule has 0 aromatic carbocycles. The van der Waals surface area contributed by atoms with E-state index >= 15 is 0 Å². The van der Waals surface area contributed by atoms with Gasteiger partial charge in [0.1, 0.15) is 18.6 Å². The minimum absolute atomic E-state index is 0.269. The second-order valence-corrected chi connectivity index (χ2v) is 3.29. The molecule has 2 rings (SSSR count). The van der Waals surface area contributed by atoms with Gasteiger partial charge < -0.3 is 10.2 Å². The molecule has 0 unspecified atom stereocenters. The van der Waals surface area contributed by atoms with E-state index in [0.29, 0.717) is 11.2 Å². The third kappa shape index (κ3) is 1.89. The molecule has 68 valence electrons. The third-order valence-corrected chi connectivity index (χ3v) is 1.93. The number of rotatable bonds is 2. The molecule has 6 heteroatoms. The van der Waals surface area contributed by atoms with Gasteiger partial charge >= 0.3 is 0 Å². The Morgan fingerprint density at radius 3 is 2.92 bits per heavy atom. The molecule has 0 aliphatic rings. The zero-order chi connectivity index (χ0) is 9.26. The molecule has 13 heavy (non-hydrogen) atoms. The molecular weight excluding hydrogens is 236 g/mol. The number of hydrogen-bond acceptors (Lipinski definition) is 4. The lowest BCUT2D eigenvalue weighted by atomic mass is 10.4. The first-order valence-electron chi connectivity index (χ1n) is 3.63. The van der Waals surface area contributed by atoms with Crippen LogP contribution in [-0.4, -0.2) is 14.8 Å². The van der Waals surface area contributed by atoms with Crippen LogP contribution in [0.2, 0.25) is 0 Å². The van der Waals surface area contributed by atoms with E-state index in [0.717, 1.165) is 5.76 Å². The molecule has 0 saturated carbocycles. The summed E-state index contributed by atoms with van der Waals surface area (Å²) in [6, 6.07) is 3.69. The molecule has 0 spiro atoms. The van der Waals surface area contributed by atoms with Crippen LogP contribution in [0.25, 0.3) is 0 Å². The van der Waals surface area contributed by atoms with Gasteiger partial charge in [-0.3, -0.25) is 0 Å². The number of hydrogen-bond donors (Lipinski definition) is 1. The van der Waals surface area contributed by atoms with Crippen LogP contribution < -0.4 is 5.73 Å². The van der Waals surface area contributed by atoms with Gasteiger partial charge in [0.25, 0.3) is 0 Å². The van der Waals surface area contributed by atoms with Crippen molar-refractivity contribution in [2.24, 2.45) is 0 Å². The van der Waals surface area contributed by atoms with Gasteiger partial charge in [0.05, 0.1) is 0 Å². The van der Waals surface area contributed by atoms with Crippen molar-refractivity contribution in [3.63, 3.8) is 0 Å². The lowest BCUT2D eigenvalue weighted by Crippen LogP contribution is -1.99. The Kier molecular flexibility index (Phi) is 2.05. The Labute approximate surface area is 82.7 Å². The minimum Gasteiger partial charge on any atom is -0.452 e. The Morgan fingerprint density at radius 2 is 2.38 bits per heavy atom. The number of furan rings is 1. The lowest BCUT2D eigenvalue weighted by molar-refractivity contribution is 0.462. The Bertz CT molecular complexity index is 370. The van der Waals surface area contributed by atoms with Gasteiger partial charge in [-0.1, -0.05) is 0 Å². The largest absolute Gasteiger partial charge is 0.452 e. The van der Waals surface area contributed by atoms with Gasteiger partial charge in [-0.25, -0.2) is 9.67 Å². The zero-order valence-corrected chi connectivity index (χ0v) is 8.23. The van der Waals surface area contributed by atoms with Crippen LogP contribution in [0, 0.1) is 0 Å². The number of nitrogens with two attached hydrogens (primary N) is 1. The maximum Gasteiger partial charge on any atom is 0.239 e. The summed E-state index contributed by atoms with van der Waals surface area (Å²) in [5.41, 5.74) is 5.35. The summed E-state index contributed by atoms with van der Waals surface area (Å²) in [6.07, 6.45) is 1.56. The van der Waals surface area contributed by atoms with Crippen LogP contribution in [0.5, 0.6) is 0 Å².